The molecule has 0 radical (unpaired) electrons. The van der Waals surface area contributed by atoms with Gasteiger partial charge in [-0.25, -0.2) is 0 Å². The zero-order valence-corrected chi connectivity index (χ0v) is 13.5. The van der Waals surface area contributed by atoms with E-state index in [9.17, 15) is 9.59 Å². The van der Waals surface area contributed by atoms with E-state index in [1.54, 1.807) is 4.90 Å². The SMILES string of the molecule is CCN1CC(C)(C)CN(C(=O)COc2ccccc2)CC1=O. The van der Waals surface area contributed by atoms with E-state index in [0.29, 0.717) is 25.4 Å². The molecule has 0 spiro atoms. The number of hydrogen-bond donors (Lipinski definition) is 0. The van der Waals surface area contributed by atoms with Crippen LogP contribution in [0.1, 0.15) is 20.8 Å². The van der Waals surface area contributed by atoms with Gasteiger partial charge in [-0.05, 0) is 24.5 Å². The number of rotatable bonds is 4. The molecular weight excluding hydrogens is 280 g/mol. The van der Waals surface area contributed by atoms with Crippen LogP contribution in [0, 0.1) is 5.41 Å². The fraction of sp³-hybridized carbons (Fsp3) is 0.529. The Balaban J connectivity index is 2.00. The third kappa shape index (κ3) is 4.23. The average Bonchev–Trinajstić information content (AvgIpc) is 2.61. The minimum Gasteiger partial charge on any atom is -0.484 e. The van der Waals surface area contributed by atoms with Crippen molar-refractivity contribution in [1.29, 1.82) is 0 Å². The minimum atomic E-state index is -0.150. The Morgan fingerprint density at radius 2 is 1.91 bits per heavy atom. The van der Waals surface area contributed by atoms with Crippen LogP contribution in [0.15, 0.2) is 30.3 Å². The van der Waals surface area contributed by atoms with E-state index in [-0.39, 0.29) is 30.4 Å². The molecule has 0 aromatic heterocycles. The molecule has 1 aromatic carbocycles. The molecular formula is C17H24N2O3. The molecule has 1 aliphatic heterocycles. The van der Waals surface area contributed by atoms with Crippen molar-refractivity contribution in [3.8, 4) is 5.75 Å². The maximum Gasteiger partial charge on any atom is 0.260 e. The Bertz CT molecular complexity index is 528. The summed E-state index contributed by atoms with van der Waals surface area (Å²) in [5.74, 6) is 0.510. The zero-order chi connectivity index (χ0) is 16.2. The second-order valence-electron chi connectivity index (χ2n) is 6.42. The first kappa shape index (κ1) is 16.3. The van der Waals surface area contributed by atoms with E-state index in [4.69, 9.17) is 4.74 Å². The van der Waals surface area contributed by atoms with Crippen LogP contribution >= 0.6 is 0 Å². The number of carbonyl (C=O) groups excluding carboxylic acids is 2. The predicted molar refractivity (Wildman–Crippen MR) is 84.6 cm³/mol. The molecule has 1 aromatic rings. The summed E-state index contributed by atoms with van der Waals surface area (Å²) in [5, 5.41) is 0. The molecule has 0 aliphatic carbocycles. The van der Waals surface area contributed by atoms with Crippen molar-refractivity contribution in [2.24, 2.45) is 5.41 Å². The predicted octanol–water partition coefficient (Wildman–Crippen LogP) is 1.78. The fourth-order valence-corrected chi connectivity index (χ4v) is 2.71. The number of benzene rings is 1. The summed E-state index contributed by atoms with van der Waals surface area (Å²) in [6.07, 6.45) is 0. The number of nitrogens with zero attached hydrogens (tertiary/aromatic N) is 2. The van der Waals surface area contributed by atoms with E-state index < -0.39 is 0 Å². The highest BCUT2D eigenvalue weighted by atomic mass is 16.5. The molecule has 0 saturated carbocycles. The maximum absolute atomic E-state index is 12.4. The molecule has 1 aliphatic rings. The van der Waals surface area contributed by atoms with Gasteiger partial charge >= 0.3 is 0 Å². The van der Waals surface area contributed by atoms with Gasteiger partial charge in [-0.2, -0.15) is 0 Å². The first-order chi connectivity index (χ1) is 10.4. The van der Waals surface area contributed by atoms with Gasteiger partial charge in [0.1, 0.15) is 5.75 Å². The van der Waals surface area contributed by atoms with Crippen molar-refractivity contribution in [1.82, 2.24) is 9.80 Å². The second kappa shape index (κ2) is 6.81. The summed E-state index contributed by atoms with van der Waals surface area (Å²) in [6.45, 7) is 8.11. The third-order valence-corrected chi connectivity index (χ3v) is 3.76. The lowest BCUT2D eigenvalue weighted by Crippen LogP contribution is -2.42. The van der Waals surface area contributed by atoms with E-state index in [1.165, 1.54) is 0 Å². The summed E-state index contributed by atoms with van der Waals surface area (Å²) in [5.41, 5.74) is -0.120. The van der Waals surface area contributed by atoms with E-state index in [1.807, 2.05) is 42.2 Å². The monoisotopic (exact) mass is 304 g/mol. The van der Waals surface area contributed by atoms with Crippen molar-refractivity contribution in [3.63, 3.8) is 0 Å². The van der Waals surface area contributed by atoms with Gasteiger partial charge in [0.15, 0.2) is 6.61 Å². The minimum absolute atomic E-state index is 0.00105. The molecule has 1 fully saturated rings. The molecule has 1 saturated heterocycles. The first-order valence-corrected chi connectivity index (χ1v) is 7.65. The van der Waals surface area contributed by atoms with Crippen molar-refractivity contribution < 1.29 is 14.3 Å². The molecule has 5 nitrogen and oxygen atoms in total. The van der Waals surface area contributed by atoms with Crippen LogP contribution < -0.4 is 4.74 Å². The Morgan fingerprint density at radius 1 is 1.23 bits per heavy atom. The summed E-state index contributed by atoms with van der Waals surface area (Å²) < 4.78 is 5.50. The van der Waals surface area contributed by atoms with Crippen molar-refractivity contribution in [2.45, 2.75) is 20.8 Å². The van der Waals surface area contributed by atoms with Crippen molar-refractivity contribution in [3.05, 3.63) is 30.3 Å². The molecule has 2 rings (SSSR count). The fourth-order valence-electron chi connectivity index (χ4n) is 2.71. The molecule has 2 amide bonds. The topological polar surface area (TPSA) is 49.9 Å². The zero-order valence-electron chi connectivity index (χ0n) is 13.5. The van der Waals surface area contributed by atoms with Gasteiger partial charge in [-0.1, -0.05) is 32.0 Å². The quantitative estimate of drug-likeness (QED) is 0.852. The lowest BCUT2D eigenvalue weighted by atomic mass is 9.92. The smallest absolute Gasteiger partial charge is 0.260 e. The standard InChI is InChI=1S/C17H24N2O3/c1-4-18-12-17(2,3)13-19(10-15(18)20)16(21)11-22-14-8-6-5-7-9-14/h5-9H,4,10-13H2,1-3H3. The second-order valence-corrected chi connectivity index (χ2v) is 6.42. The highest BCUT2D eigenvalue weighted by Gasteiger charge is 2.34. The van der Waals surface area contributed by atoms with Crippen LogP contribution in [0.5, 0.6) is 5.75 Å². The van der Waals surface area contributed by atoms with Gasteiger partial charge in [0.2, 0.25) is 5.91 Å². The van der Waals surface area contributed by atoms with Gasteiger partial charge in [0.25, 0.3) is 5.91 Å². The molecule has 0 N–H and O–H groups in total. The Morgan fingerprint density at radius 3 is 2.55 bits per heavy atom. The molecule has 120 valence electrons. The van der Waals surface area contributed by atoms with Gasteiger partial charge in [0.05, 0.1) is 6.54 Å². The van der Waals surface area contributed by atoms with Gasteiger partial charge in [-0.3, -0.25) is 9.59 Å². The van der Waals surface area contributed by atoms with Crippen LogP contribution in [0.2, 0.25) is 0 Å². The number of para-hydroxylation sites is 1. The molecule has 22 heavy (non-hydrogen) atoms. The number of carbonyl (C=O) groups is 2. The lowest BCUT2D eigenvalue weighted by molar-refractivity contribution is -0.139. The van der Waals surface area contributed by atoms with Crippen LogP contribution in [0.3, 0.4) is 0 Å². The van der Waals surface area contributed by atoms with Crippen molar-refractivity contribution in [2.75, 3.05) is 32.8 Å². The molecule has 1 heterocycles. The van der Waals surface area contributed by atoms with Gasteiger partial charge in [0, 0.05) is 19.6 Å². The van der Waals surface area contributed by atoms with Crippen LogP contribution in [-0.4, -0.2) is 54.4 Å². The molecule has 0 bridgehead atoms. The normalized spacial score (nSPS) is 18.0. The molecule has 5 heteroatoms. The summed E-state index contributed by atoms with van der Waals surface area (Å²) >= 11 is 0. The number of ether oxygens (including phenoxy) is 1. The average molecular weight is 304 g/mol. The van der Waals surface area contributed by atoms with E-state index in [2.05, 4.69) is 13.8 Å². The van der Waals surface area contributed by atoms with Crippen LogP contribution in [0.25, 0.3) is 0 Å². The Hall–Kier alpha value is -2.04. The van der Waals surface area contributed by atoms with E-state index in [0.717, 1.165) is 0 Å². The third-order valence-electron chi connectivity index (χ3n) is 3.76. The Labute approximate surface area is 131 Å². The summed E-state index contributed by atoms with van der Waals surface area (Å²) in [6, 6.07) is 9.23. The Kier molecular flexibility index (Phi) is 5.06. The summed E-state index contributed by atoms with van der Waals surface area (Å²) in [4.78, 5) is 28.0. The number of likely N-dealkylation sites (N-methyl/N-ethyl adjacent to an activating group) is 1. The highest BCUT2D eigenvalue weighted by Crippen LogP contribution is 2.22. The van der Waals surface area contributed by atoms with Gasteiger partial charge in [-0.15, -0.1) is 0 Å². The largest absolute Gasteiger partial charge is 0.484 e. The van der Waals surface area contributed by atoms with Crippen molar-refractivity contribution >= 4 is 11.8 Å². The highest BCUT2D eigenvalue weighted by molar-refractivity contribution is 5.86. The van der Waals surface area contributed by atoms with Crippen LogP contribution in [0.4, 0.5) is 0 Å². The van der Waals surface area contributed by atoms with Crippen LogP contribution in [-0.2, 0) is 9.59 Å². The molecule has 0 atom stereocenters. The first-order valence-electron chi connectivity index (χ1n) is 7.65. The lowest BCUT2D eigenvalue weighted by Gasteiger charge is -2.30. The maximum atomic E-state index is 12.4. The number of hydrogen-bond acceptors (Lipinski definition) is 3. The van der Waals surface area contributed by atoms with E-state index >= 15 is 0 Å². The molecule has 0 unspecified atom stereocenters. The van der Waals surface area contributed by atoms with Gasteiger partial charge < -0.3 is 14.5 Å². The number of amides is 2. The summed E-state index contributed by atoms with van der Waals surface area (Å²) in [7, 11) is 0.